The molecule has 2 aromatic rings. The lowest BCUT2D eigenvalue weighted by atomic mass is 10.2. The second-order valence-electron chi connectivity index (χ2n) is 4.54. The van der Waals surface area contributed by atoms with Gasteiger partial charge in [0.25, 0.3) is 0 Å². The predicted octanol–water partition coefficient (Wildman–Crippen LogP) is 2.58. The Kier molecular flexibility index (Phi) is 4.20. The van der Waals surface area contributed by atoms with Crippen molar-refractivity contribution in [1.82, 2.24) is 24.8 Å². The van der Waals surface area contributed by atoms with Gasteiger partial charge in [-0.2, -0.15) is 0 Å². The van der Waals surface area contributed by atoms with E-state index < -0.39 is 0 Å². The van der Waals surface area contributed by atoms with Gasteiger partial charge in [-0.3, -0.25) is 4.98 Å². The summed E-state index contributed by atoms with van der Waals surface area (Å²) in [6.45, 7) is 10.7. The number of hydrazine groups is 1. The van der Waals surface area contributed by atoms with Gasteiger partial charge in [-0.25, -0.2) is 10.4 Å². The number of hydrogen-bond donors (Lipinski definition) is 1. The summed E-state index contributed by atoms with van der Waals surface area (Å²) in [6.07, 6.45) is 7.82. The zero-order chi connectivity index (χ0) is 14.7. The molecule has 106 valence electrons. The largest absolute Gasteiger partial charge is 0.318 e. The fraction of sp³-hybridized carbons (Fsp3) is 0.333. The molecule has 3 heterocycles. The first kappa shape index (κ1) is 14.3. The standard InChI is InChI=1S/C13H15N5.C2H6/c1-9(2)11-7-18-8-12(14-5-13(18)16-11)10-4-15-17(3)6-10;1-2/h5-8,15H,1,4H2,2-3H3;1-2H3. The molecule has 0 spiro atoms. The first-order valence-corrected chi connectivity index (χ1v) is 6.81. The van der Waals surface area contributed by atoms with E-state index in [-0.39, 0.29) is 0 Å². The molecule has 0 aromatic carbocycles. The lowest BCUT2D eigenvalue weighted by Gasteiger charge is -2.04. The number of aromatic nitrogens is 3. The first-order valence-electron chi connectivity index (χ1n) is 6.81. The number of rotatable bonds is 2. The van der Waals surface area contributed by atoms with Crippen LogP contribution in [0.3, 0.4) is 0 Å². The van der Waals surface area contributed by atoms with E-state index in [0.29, 0.717) is 0 Å². The van der Waals surface area contributed by atoms with E-state index in [2.05, 4.69) is 22.0 Å². The van der Waals surface area contributed by atoms with E-state index in [1.807, 2.05) is 55.8 Å². The minimum atomic E-state index is 0.803. The topological polar surface area (TPSA) is 45.5 Å². The highest BCUT2D eigenvalue weighted by molar-refractivity contribution is 5.66. The highest BCUT2D eigenvalue weighted by Gasteiger charge is 2.12. The summed E-state index contributed by atoms with van der Waals surface area (Å²) >= 11 is 0. The van der Waals surface area contributed by atoms with Crippen molar-refractivity contribution in [2.24, 2.45) is 0 Å². The normalized spacial score (nSPS) is 14.0. The number of nitrogens with zero attached hydrogens (tertiary/aromatic N) is 4. The number of nitrogens with one attached hydrogen (secondary N) is 1. The van der Waals surface area contributed by atoms with Gasteiger partial charge < -0.3 is 9.41 Å². The average Bonchev–Trinajstić information content (AvgIpc) is 3.06. The van der Waals surface area contributed by atoms with Crippen LogP contribution in [0.25, 0.3) is 16.8 Å². The Balaban J connectivity index is 0.000000704. The summed E-state index contributed by atoms with van der Waals surface area (Å²) in [5, 5.41) is 1.94. The third-order valence-electron chi connectivity index (χ3n) is 2.98. The highest BCUT2D eigenvalue weighted by Crippen LogP contribution is 2.17. The molecule has 0 amide bonds. The Bertz CT molecular complexity index is 653. The molecule has 0 bridgehead atoms. The van der Waals surface area contributed by atoms with E-state index in [1.165, 1.54) is 5.57 Å². The smallest absolute Gasteiger partial charge is 0.156 e. The van der Waals surface area contributed by atoms with E-state index in [9.17, 15) is 0 Å². The van der Waals surface area contributed by atoms with Crippen LogP contribution >= 0.6 is 0 Å². The third-order valence-corrected chi connectivity index (χ3v) is 2.98. The number of allylic oxidation sites excluding steroid dienone is 1. The molecule has 20 heavy (non-hydrogen) atoms. The van der Waals surface area contributed by atoms with E-state index in [1.54, 1.807) is 6.20 Å². The van der Waals surface area contributed by atoms with Crippen molar-refractivity contribution >= 4 is 16.8 Å². The molecule has 1 aliphatic heterocycles. The van der Waals surface area contributed by atoms with Crippen molar-refractivity contribution in [3.8, 4) is 0 Å². The maximum Gasteiger partial charge on any atom is 0.156 e. The summed E-state index contributed by atoms with van der Waals surface area (Å²) in [5.74, 6) is 0. The zero-order valence-corrected chi connectivity index (χ0v) is 12.5. The minimum absolute atomic E-state index is 0.803. The Hall–Kier alpha value is -2.14. The molecule has 1 aliphatic rings. The molecule has 0 saturated heterocycles. The lowest BCUT2D eigenvalue weighted by Crippen LogP contribution is -2.23. The maximum absolute atomic E-state index is 4.45. The molecule has 3 rings (SSSR count). The van der Waals surface area contributed by atoms with Gasteiger partial charge >= 0.3 is 0 Å². The van der Waals surface area contributed by atoms with Gasteiger partial charge in [-0.15, -0.1) is 0 Å². The van der Waals surface area contributed by atoms with E-state index >= 15 is 0 Å². The molecule has 0 radical (unpaired) electrons. The van der Waals surface area contributed by atoms with Crippen LogP contribution in [0.1, 0.15) is 32.2 Å². The molecule has 1 N–H and O–H groups in total. The van der Waals surface area contributed by atoms with Crippen LogP contribution in [0.5, 0.6) is 0 Å². The maximum atomic E-state index is 4.45. The molecular formula is C15H21N5. The fourth-order valence-corrected chi connectivity index (χ4v) is 1.96. The van der Waals surface area contributed by atoms with Crippen LogP contribution in [0.4, 0.5) is 0 Å². The minimum Gasteiger partial charge on any atom is -0.318 e. The van der Waals surface area contributed by atoms with Crippen LogP contribution < -0.4 is 5.43 Å². The molecule has 0 atom stereocenters. The van der Waals surface area contributed by atoms with Gasteiger partial charge in [0, 0.05) is 37.8 Å². The molecule has 5 nitrogen and oxygen atoms in total. The Morgan fingerprint density at radius 3 is 2.70 bits per heavy atom. The molecule has 0 aliphatic carbocycles. The molecule has 0 fully saturated rings. The fourth-order valence-electron chi connectivity index (χ4n) is 1.96. The molecular weight excluding hydrogens is 250 g/mol. The van der Waals surface area contributed by atoms with Crippen LogP contribution in [0, 0.1) is 0 Å². The molecule has 2 aromatic heterocycles. The Labute approximate surface area is 119 Å². The highest BCUT2D eigenvalue weighted by atomic mass is 15.5. The van der Waals surface area contributed by atoms with Gasteiger partial charge in [0.2, 0.25) is 0 Å². The van der Waals surface area contributed by atoms with E-state index in [0.717, 1.165) is 29.2 Å². The van der Waals surface area contributed by atoms with Gasteiger partial charge in [0.05, 0.1) is 17.6 Å². The van der Waals surface area contributed by atoms with Gasteiger partial charge in [-0.1, -0.05) is 20.4 Å². The summed E-state index contributed by atoms with van der Waals surface area (Å²) < 4.78 is 1.99. The van der Waals surface area contributed by atoms with Crippen molar-refractivity contribution in [2.75, 3.05) is 13.6 Å². The van der Waals surface area contributed by atoms with Crippen molar-refractivity contribution in [1.29, 1.82) is 0 Å². The van der Waals surface area contributed by atoms with Crippen molar-refractivity contribution < 1.29 is 0 Å². The third kappa shape index (κ3) is 2.72. The van der Waals surface area contributed by atoms with Gasteiger partial charge in [0.15, 0.2) is 5.65 Å². The first-order chi connectivity index (χ1) is 9.63. The molecule has 0 saturated carbocycles. The van der Waals surface area contributed by atoms with Crippen LogP contribution in [0.2, 0.25) is 0 Å². The van der Waals surface area contributed by atoms with Crippen molar-refractivity contribution in [3.63, 3.8) is 0 Å². The lowest BCUT2D eigenvalue weighted by molar-refractivity contribution is 0.374. The van der Waals surface area contributed by atoms with E-state index in [4.69, 9.17) is 0 Å². The summed E-state index contributed by atoms with van der Waals surface area (Å²) in [5.41, 5.74) is 8.05. The summed E-state index contributed by atoms with van der Waals surface area (Å²) in [6, 6.07) is 0. The quantitative estimate of drug-likeness (QED) is 0.912. The van der Waals surface area contributed by atoms with Crippen molar-refractivity contribution in [3.05, 3.63) is 42.8 Å². The Morgan fingerprint density at radius 2 is 2.10 bits per heavy atom. The van der Waals surface area contributed by atoms with Crippen LogP contribution in [0.15, 0.2) is 31.4 Å². The van der Waals surface area contributed by atoms with Gasteiger partial charge in [0.1, 0.15) is 0 Å². The van der Waals surface area contributed by atoms with Gasteiger partial charge in [-0.05, 0) is 12.5 Å². The summed E-state index contributed by atoms with van der Waals surface area (Å²) in [4.78, 5) is 8.90. The van der Waals surface area contributed by atoms with Crippen molar-refractivity contribution in [2.45, 2.75) is 20.8 Å². The average molecular weight is 271 g/mol. The number of imidazole rings is 1. The van der Waals surface area contributed by atoms with Crippen LogP contribution in [-0.2, 0) is 0 Å². The predicted molar refractivity (Wildman–Crippen MR) is 82.8 cm³/mol. The Morgan fingerprint density at radius 1 is 1.35 bits per heavy atom. The second kappa shape index (κ2) is 5.88. The van der Waals surface area contributed by atoms with Crippen LogP contribution in [-0.4, -0.2) is 33.0 Å². The summed E-state index contributed by atoms with van der Waals surface area (Å²) in [7, 11) is 1.97. The molecule has 0 unspecified atom stereocenters. The number of fused-ring (bicyclic) bond motifs is 1. The second-order valence-corrected chi connectivity index (χ2v) is 4.54. The number of hydrogen-bond acceptors (Lipinski definition) is 4. The zero-order valence-electron chi connectivity index (χ0n) is 12.5. The monoisotopic (exact) mass is 271 g/mol. The SMILES string of the molecule is C=C(C)c1cn2cc(C3=CN(C)NC3)ncc2n1.CC. The molecule has 5 heteroatoms.